The molecule has 7 nitrogen and oxygen atoms in total. The van der Waals surface area contributed by atoms with Crippen LogP contribution in [-0.2, 0) is 16.1 Å². The minimum absolute atomic E-state index is 0.0586. The van der Waals surface area contributed by atoms with E-state index in [0.717, 1.165) is 24.1 Å². The highest BCUT2D eigenvalue weighted by molar-refractivity contribution is 5.93. The van der Waals surface area contributed by atoms with Crippen LogP contribution in [0.5, 0.6) is 0 Å². The second kappa shape index (κ2) is 11.2. The fourth-order valence-electron chi connectivity index (χ4n) is 3.70. The molecule has 1 saturated heterocycles. The fourth-order valence-corrected chi connectivity index (χ4v) is 3.70. The maximum Gasteiger partial charge on any atom is 0.317 e. The normalized spacial score (nSPS) is 15.8. The van der Waals surface area contributed by atoms with Gasteiger partial charge in [0.25, 0.3) is 0 Å². The Hall–Kier alpha value is -3.35. The molecular weight excluding hydrogens is 392 g/mol. The van der Waals surface area contributed by atoms with Crippen LogP contribution in [0.3, 0.4) is 0 Å². The number of hydrogen-bond acceptors (Lipinski definition) is 3. The molecule has 1 heterocycles. The van der Waals surface area contributed by atoms with E-state index in [1.54, 1.807) is 9.80 Å². The van der Waals surface area contributed by atoms with Gasteiger partial charge in [-0.25, -0.2) is 4.79 Å². The molecule has 1 fully saturated rings. The first kappa shape index (κ1) is 22.3. The number of amides is 4. The largest absolute Gasteiger partial charge is 0.337 e. The number of urea groups is 1. The van der Waals surface area contributed by atoms with Gasteiger partial charge in [-0.05, 0) is 37.5 Å². The molecule has 2 aromatic carbocycles. The monoisotopic (exact) mass is 422 g/mol. The van der Waals surface area contributed by atoms with Crippen molar-refractivity contribution in [3.63, 3.8) is 0 Å². The third kappa shape index (κ3) is 6.57. The lowest BCUT2D eigenvalue weighted by atomic mass is 9.97. The second-order valence-corrected chi connectivity index (χ2v) is 7.69. The Morgan fingerprint density at radius 3 is 2.39 bits per heavy atom. The molecule has 3 rings (SSSR count). The van der Waals surface area contributed by atoms with Crippen LogP contribution in [0.1, 0.15) is 25.3 Å². The van der Waals surface area contributed by atoms with Crippen LogP contribution in [0, 0.1) is 5.92 Å². The number of para-hydroxylation sites is 1. The highest BCUT2D eigenvalue weighted by Gasteiger charge is 2.28. The van der Waals surface area contributed by atoms with E-state index in [4.69, 9.17) is 0 Å². The highest BCUT2D eigenvalue weighted by atomic mass is 16.2. The molecule has 1 aliphatic heterocycles. The van der Waals surface area contributed by atoms with Crippen molar-refractivity contribution < 1.29 is 14.4 Å². The van der Waals surface area contributed by atoms with Crippen molar-refractivity contribution in [3.8, 4) is 0 Å². The van der Waals surface area contributed by atoms with Gasteiger partial charge >= 0.3 is 6.03 Å². The van der Waals surface area contributed by atoms with Gasteiger partial charge < -0.3 is 20.4 Å². The average Bonchev–Trinajstić information content (AvgIpc) is 2.82. The Bertz CT molecular complexity index is 873. The zero-order valence-electron chi connectivity index (χ0n) is 17.9. The lowest BCUT2D eigenvalue weighted by Crippen LogP contribution is -2.50. The summed E-state index contributed by atoms with van der Waals surface area (Å²) < 4.78 is 0. The van der Waals surface area contributed by atoms with Gasteiger partial charge in [0.1, 0.15) is 0 Å². The van der Waals surface area contributed by atoms with E-state index in [1.165, 1.54) is 0 Å². The number of nitrogens with zero attached hydrogens (tertiary/aromatic N) is 2. The van der Waals surface area contributed by atoms with E-state index < -0.39 is 0 Å². The van der Waals surface area contributed by atoms with E-state index >= 15 is 0 Å². The van der Waals surface area contributed by atoms with E-state index in [0.29, 0.717) is 26.2 Å². The summed E-state index contributed by atoms with van der Waals surface area (Å²) in [6.45, 7) is 3.86. The van der Waals surface area contributed by atoms with Crippen molar-refractivity contribution in [2.24, 2.45) is 5.92 Å². The van der Waals surface area contributed by atoms with Crippen molar-refractivity contribution in [1.29, 1.82) is 0 Å². The molecule has 1 atom stereocenters. The molecule has 0 aromatic heterocycles. The van der Waals surface area contributed by atoms with Crippen molar-refractivity contribution >= 4 is 23.5 Å². The third-order valence-corrected chi connectivity index (χ3v) is 5.46. The maximum atomic E-state index is 12.6. The predicted octanol–water partition coefficient (Wildman–Crippen LogP) is 3.10. The SMILES string of the molecule is CCN(Cc1ccccc1)C(=O)CNC(=O)N1CCCC(C(=O)Nc2ccccc2)C1. The molecule has 2 N–H and O–H groups in total. The lowest BCUT2D eigenvalue weighted by molar-refractivity contribution is -0.130. The fraction of sp³-hybridized carbons (Fsp3) is 0.375. The van der Waals surface area contributed by atoms with Gasteiger partial charge in [-0.3, -0.25) is 9.59 Å². The number of likely N-dealkylation sites (N-methyl/N-ethyl adjacent to an activating group) is 1. The van der Waals surface area contributed by atoms with E-state index in [9.17, 15) is 14.4 Å². The lowest BCUT2D eigenvalue weighted by Gasteiger charge is -2.32. The van der Waals surface area contributed by atoms with Crippen LogP contribution in [0.4, 0.5) is 10.5 Å². The van der Waals surface area contributed by atoms with E-state index in [1.807, 2.05) is 67.6 Å². The van der Waals surface area contributed by atoms with Gasteiger partial charge in [0, 0.05) is 31.9 Å². The minimum Gasteiger partial charge on any atom is -0.337 e. The van der Waals surface area contributed by atoms with Crippen LogP contribution in [0.25, 0.3) is 0 Å². The van der Waals surface area contributed by atoms with Gasteiger partial charge in [0.05, 0.1) is 12.5 Å². The van der Waals surface area contributed by atoms with Crippen LogP contribution in [-0.4, -0.2) is 53.8 Å². The second-order valence-electron chi connectivity index (χ2n) is 7.69. The molecule has 0 radical (unpaired) electrons. The van der Waals surface area contributed by atoms with Gasteiger partial charge in [0.2, 0.25) is 11.8 Å². The van der Waals surface area contributed by atoms with Gasteiger partial charge in [-0.2, -0.15) is 0 Å². The Morgan fingerprint density at radius 2 is 1.71 bits per heavy atom. The zero-order chi connectivity index (χ0) is 22.1. The van der Waals surface area contributed by atoms with Gasteiger partial charge in [-0.1, -0.05) is 48.5 Å². The summed E-state index contributed by atoms with van der Waals surface area (Å²) in [4.78, 5) is 41.1. The number of anilines is 1. The molecule has 0 saturated carbocycles. The molecule has 2 aromatic rings. The summed E-state index contributed by atoms with van der Waals surface area (Å²) in [6, 6.07) is 18.8. The Labute approximate surface area is 183 Å². The highest BCUT2D eigenvalue weighted by Crippen LogP contribution is 2.19. The van der Waals surface area contributed by atoms with E-state index in [-0.39, 0.29) is 30.3 Å². The van der Waals surface area contributed by atoms with Gasteiger partial charge in [0.15, 0.2) is 0 Å². The maximum absolute atomic E-state index is 12.6. The number of carbonyl (C=O) groups is 3. The first-order valence-corrected chi connectivity index (χ1v) is 10.8. The summed E-state index contributed by atoms with van der Waals surface area (Å²) in [5, 5.41) is 5.63. The number of benzene rings is 2. The Kier molecular flexibility index (Phi) is 8.04. The van der Waals surface area contributed by atoms with Crippen LogP contribution >= 0.6 is 0 Å². The molecule has 1 aliphatic rings. The summed E-state index contributed by atoms with van der Waals surface area (Å²) >= 11 is 0. The smallest absolute Gasteiger partial charge is 0.317 e. The molecule has 7 heteroatoms. The molecule has 0 spiro atoms. The first-order valence-electron chi connectivity index (χ1n) is 10.8. The Morgan fingerprint density at radius 1 is 1.03 bits per heavy atom. The minimum atomic E-state index is -0.304. The van der Waals surface area contributed by atoms with Crippen LogP contribution in [0.2, 0.25) is 0 Å². The van der Waals surface area contributed by atoms with Crippen molar-refractivity contribution in [2.45, 2.75) is 26.3 Å². The van der Waals surface area contributed by atoms with Crippen molar-refractivity contribution in [1.82, 2.24) is 15.1 Å². The Balaban J connectivity index is 1.48. The summed E-state index contributed by atoms with van der Waals surface area (Å²) in [5.74, 6) is -0.476. The van der Waals surface area contributed by atoms with Crippen molar-refractivity contribution in [3.05, 3.63) is 66.2 Å². The number of carbonyl (C=O) groups excluding carboxylic acids is 3. The topological polar surface area (TPSA) is 81.8 Å². The number of nitrogens with one attached hydrogen (secondary N) is 2. The number of hydrogen-bond donors (Lipinski definition) is 2. The van der Waals surface area contributed by atoms with Crippen LogP contribution < -0.4 is 10.6 Å². The summed E-state index contributed by atoms with van der Waals surface area (Å²) in [6.07, 6.45) is 1.49. The standard InChI is InChI=1S/C24H30N4O3/c1-2-27(17-19-10-5-3-6-11-19)22(29)16-25-24(31)28-15-9-12-20(18-28)23(30)26-21-13-7-4-8-14-21/h3-8,10-11,13-14,20H,2,9,12,15-18H2,1H3,(H,25,31)(H,26,30). The molecule has 31 heavy (non-hydrogen) atoms. The number of piperidine rings is 1. The number of likely N-dealkylation sites (tertiary alicyclic amines) is 1. The van der Waals surface area contributed by atoms with E-state index in [2.05, 4.69) is 10.6 Å². The summed E-state index contributed by atoms with van der Waals surface area (Å²) in [5.41, 5.74) is 1.80. The molecule has 0 bridgehead atoms. The van der Waals surface area contributed by atoms with Gasteiger partial charge in [-0.15, -0.1) is 0 Å². The predicted molar refractivity (Wildman–Crippen MR) is 120 cm³/mol. The quantitative estimate of drug-likeness (QED) is 0.719. The average molecular weight is 423 g/mol. The molecule has 1 unspecified atom stereocenters. The third-order valence-electron chi connectivity index (χ3n) is 5.46. The van der Waals surface area contributed by atoms with Crippen LogP contribution in [0.15, 0.2) is 60.7 Å². The van der Waals surface area contributed by atoms with Crippen molar-refractivity contribution in [2.75, 3.05) is 31.5 Å². The molecule has 0 aliphatic carbocycles. The number of rotatable bonds is 7. The summed E-state index contributed by atoms with van der Waals surface area (Å²) in [7, 11) is 0. The molecular formula is C24H30N4O3. The zero-order valence-corrected chi connectivity index (χ0v) is 17.9. The first-order chi connectivity index (χ1) is 15.1. The molecule has 164 valence electrons. The molecule has 4 amide bonds.